The molecule has 34 heavy (non-hydrogen) atoms. The Balaban J connectivity index is 1.98. The summed E-state index contributed by atoms with van der Waals surface area (Å²) in [6.45, 7) is 12.2. The molecule has 0 saturated carbocycles. The summed E-state index contributed by atoms with van der Waals surface area (Å²) >= 11 is 0. The molecule has 182 valence electrons. The van der Waals surface area contributed by atoms with Gasteiger partial charge in [-0.3, -0.25) is 4.90 Å². The Hall–Kier alpha value is -3.09. The van der Waals surface area contributed by atoms with Crippen LogP contribution in [-0.2, 0) is 6.54 Å². The maximum absolute atomic E-state index is 10.6. The van der Waals surface area contributed by atoms with Crippen molar-refractivity contribution in [2.75, 3.05) is 20.2 Å². The molecule has 1 atom stereocenters. The number of hydrogen-bond donors (Lipinski definition) is 1. The number of ether oxygens (including phenoxy) is 2. The molecule has 0 spiro atoms. The summed E-state index contributed by atoms with van der Waals surface area (Å²) in [6.07, 6.45) is 2.94. The van der Waals surface area contributed by atoms with Crippen molar-refractivity contribution < 1.29 is 14.6 Å². The van der Waals surface area contributed by atoms with Crippen LogP contribution in [0.3, 0.4) is 0 Å². The average Bonchev–Trinajstić information content (AvgIpc) is 3.12. The molecule has 1 N–H and O–H groups in total. The van der Waals surface area contributed by atoms with Crippen molar-refractivity contribution in [3.8, 4) is 23.1 Å². The first kappa shape index (κ1) is 25.5. The zero-order chi connectivity index (χ0) is 24.5. The van der Waals surface area contributed by atoms with Crippen LogP contribution in [0.15, 0.2) is 67.3 Å². The van der Waals surface area contributed by atoms with E-state index in [9.17, 15) is 5.11 Å². The number of methoxy groups -OCH3 is 1. The largest absolute Gasteiger partial charge is 0.497 e. The van der Waals surface area contributed by atoms with Crippen molar-refractivity contribution in [1.82, 2.24) is 14.7 Å². The van der Waals surface area contributed by atoms with Crippen molar-refractivity contribution in [2.24, 2.45) is 5.92 Å². The Bertz CT molecular complexity index is 1050. The highest BCUT2D eigenvalue weighted by Gasteiger charge is 2.23. The van der Waals surface area contributed by atoms with E-state index in [0.29, 0.717) is 37.1 Å². The number of para-hydroxylation sites is 1. The van der Waals surface area contributed by atoms with Gasteiger partial charge in [-0.2, -0.15) is 5.10 Å². The predicted octanol–water partition coefficient (Wildman–Crippen LogP) is 5.77. The highest BCUT2D eigenvalue weighted by atomic mass is 16.5. The summed E-state index contributed by atoms with van der Waals surface area (Å²) < 4.78 is 13.7. The van der Waals surface area contributed by atoms with Gasteiger partial charge in [0, 0.05) is 25.7 Å². The van der Waals surface area contributed by atoms with Crippen molar-refractivity contribution in [3.63, 3.8) is 0 Å². The van der Waals surface area contributed by atoms with Gasteiger partial charge in [0.1, 0.15) is 11.5 Å². The molecule has 2 aromatic carbocycles. The lowest BCUT2D eigenvalue weighted by Crippen LogP contribution is -2.35. The van der Waals surface area contributed by atoms with Gasteiger partial charge in [-0.15, -0.1) is 6.58 Å². The first-order chi connectivity index (χ1) is 16.4. The SMILES string of the molecule is C=CCC[C@@H](O)CN(Cc1c(C)nn(-c2ccccc2)c1Oc1cccc(OC)c1)CC(C)C. The third-order valence-corrected chi connectivity index (χ3v) is 5.57. The maximum Gasteiger partial charge on any atom is 0.227 e. The highest BCUT2D eigenvalue weighted by Crippen LogP contribution is 2.33. The van der Waals surface area contributed by atoms with Crippen LogP contribution in [0.5, 0.6) is 17.4 Å². The molecule has 0 aliphatic carbocycles. The number of rotatable bonds is 13. The van der Waals surface area contributed by atoms with Gasteiger partial charge in [0.15, 0.2) is 0 Å². The first-order valence-electron chi connectivity index (χ1n) is 11.9. The minimum absolute atomic E-state index is 0.413. The second-order valence-electron chi connectivity index (χ2n) is 9.01. The molecule has 0 aliphatic rings. The molecule has 0 radical (unpaired) electrons. The highest BCUT2D eigenvalue weighted by molar-refractivity contribution is 5.44. The lowest BCUT2D eigenvalue weighted by molar-refractivity contribution is 0.0952. The lowest BCUT2D eigenvalue weighted by Gasteiger charge is -2.27. The molecule has 0 bridgehead atoms. The monoisotopic (exact) mass is 463 g/mol. The average molecular weight is 464 g/mol. The fourth-order valence-electron chi connectivity index (χ4n) is 3.99. The first-order valence-corrected chi connectivity index (χ1v) is 11.9. The summed E-state index contributed by atoms with van der Waals surface area (Å²) in [4.78, 5) is 2.29. The normalized spacial score (nSPS) is 12.2. The van der Waals surface area contributed by atoms with E-state index in [1.807, 2.05) is 72.3 Å². The molecule has 0 fully saturated rings. The molecular weight excluding hydrogens is 426 g/mol. The van der Waals surface area contributed by atoms with Gasteiger partial charge < -0.3 is 14.6 Å². The van der Waals surface area contributed by atoms with E-state index in [0.717, 1.165) is 35.7 Å². The van der Waals surface area contributed by atoms with Crippen molar-refractivity contribution in [2.45, 2.75) is 46.3 Å². The van der Waals surface area contributed by atoms with Crippen LogP contribution in [0.2, 0.25) is 0 Å². The van der Waals surface area contributed by atoms with Gasteiger partial charge in [0.05, 0.1) is 30.2 Å². The number of aliphatic hydroxyl groups excluding tert-OH is 1. The summed E-state index contributed by atoms with van der Waals surface area (Å²) in [6, 6.07) is 17.6. The van der Waals surface area contributed by atoms with Gasteiger partial charge in [-0.05, 0) is 49.9 Å². The Morgan fingerprint density at radius 2 is 1.82 bits per heavy atom. The number of aromatic nitrogens is 2. The van der Waals surface area contributed by atoms with Crippen LogP contribution in [0.1, 0.15) is 37.9 Å². The quantitative estimate of drug-likeness (QED) is 0.326. The second-order valence-corrected chi connectivity index (χ2v) is 9.01. The Morgan fingerprint density at radius 1 is 1.09 bits per heavy atom. The molecule has 3 rings (SSSR count). The molecule has 6 nitrogen and oxygen atoms in total. The van der Waals surface area contributed by atoms with E-state index in [1.165, 1.54) is 0 Å². The van der Waals surface area contributed by atoms with E-state index >= 15 is 0 Å². The van der Waals surface area contributed by atoms with Crippen LogP contribution in [0, 0.1) is 12.8 Å². The van der Waals surface area contributed by atoms with E-state index in [2.05, 4.69) is 25.3 Å². The Kier molecular flexibility index (Phi) is 9.31. The number of nitrogens with zero attached hydrogens (tertiary/aromatic N) is 3. The number of aliphatic hydroxyl groups is 1. The van der Waals surface area contributed by atoms with Gasteiger partial charge >= 0.3 is 0 Å². The van der Waals surface area contributed by atoms with Gasteiger partial charge in [0.25, 0.3) is 0 Å². The molecule has 0 amide bonds. The van der Waals surface area contributed by atoms with Gasteiger partial charge in [0.2, 0.25) is 5.88 Å². The van der Waals surface area contributed by atoms with Crippen LogP contribution in [0.4, 0.5) is 0 Å². The van der Waals surface area contributed by atoms with Crippen LogP contribution < -0.4 is 9.47 Å². The van der Waals surface area contributed by atoms with Gasteiger partial charge in [-0.1, -0.05) is 44.2 Å². The molecule has 0 saturated heterocycles. The van der Waals surface area contributed by atoms with Crippen molar-refractivity contribution in [3.05, 3.63) is 78.5 Å². The maximum atomic E-state index is 10.6. The number of hydrogen-bond acceptors (Lipinski definition) is 5. The molecule has 1 aromatic heterocycles. The molecule has 6 heteroatoms. The van der Waals surface area contributed by atoms with E-state index in [1.54, 1.807) is 7.11 Å². The fraction of sp³-hybridized carbons (Fsp3) is 0.393. The smallest absolute Gasteiger partial charge is 0.227 e. The Labute approximate surface area is 203 Å². The fourth-order valence-corrected chi connectivity index (χ4v) is 3.99. The summed E-state index contributed by atoms with van der Waals surface area (Å²) in [5, 5.41) is 15.4. The topological polar surface area (TPSA) is 59.8 Å². The Morgan fingerprint density at radius 3 is 2.50 bits per heavy atom. The number of aryl methyl sites for hydroxylation is 1. The molecule has 0 unspecified atom stereocenters. The standard InChI is InChI=1S/C28H37N3O3/c1-6-7-14-24(32)19-30(18-21(2)3)20-27-22(4)29-31(23-12-9-8-10-13-23)28(27)34-26-16-11-15-25(17-26)33-5/h6,8-13,15-17,21,24,32H,1,7,14,18-20H2,2-5H3/t24-/m1/s1. The van der Waals surface area contributed by atoms with Crippen LogP contribution in [0.25, 0.3) is 5.69 Å². The summed E-state index contributed by atoms with van der Waals surface area (Å²) in [5.74, 6) is 2.54. The molecule has 0 aliphatic heterocycles. The summed E-state index contributed by atoms with van der Waals surface area (Å²) in [7, 11) is 1.64. The van der Waals surface area contributed by atoms with E-state index < -0.39 is 6.10 Å². The van der Waals surface area contributed by atoms with Crippen LogP contribution >= 0.6 is 0 Å². The van der Waals surface area contributed by atoms with E-state index in [-0.39, 0.29) is 0 Å². The number of benzene rings is 2. The third kappa shape index (κ3) is 6.95. The minimum Gasteiger partial charge on any atom is -0.497 e. The van der Waals surface area contributed by atoms with Crippen molar-refractivity contribution >= 4 is 0 Å². The van der Waals surface area contributed by atoms with Crippen LogP contribution in [-0.4, -0.2) is 46.1 Å². The van der Waals surface area contributed by atoms with Crippen molar-refractivity contribution in [1.29, 1.82) is 0 Å². The zero-order valence-corrected chi connectivity index (χ0v) is 20.8. The molecule has 3 aromatic rings. The van der Waals surface area contributed by atoms with Gasteiger partial charge in [-0.25, -0.2) is 4.68 Å². The summed E-state index contributed by atoms with van der Waals surface area (Å²) in [5.41, 5.74) is 2.83. The second kappa shape index (κ2) is 12.4. The lowest BCUT2D eigenvalue weighted by atomic mass is 10.1. The zero-order valence-electron chi connectivity index (χ0n) is 20.8. The minimum atomic E-state index is -0.413. The van der Waals surface area contributed by atoms with E-state index in [4.69, 9.17) is 14.6 Å². The molecule has 1 heterocycles. The number of allylic oxidation sites excluding steroid dienone is 1. The molecular formula is C28H37N3O3. The predicted molar refractivity (Wildman–Crippen MR) is 137 cm³/mol. The third-order valence-electron chi connectivity index (χ3n) is 5.57.